The first kappa shape index (κ1) is 12.7. The number of aryl methyl sites for hydroxylation is 1. The van der Waals surface area contributed by atoms with Crippen LogP contribution in [0.2, 0.25) is 0 Å². The maximum atomic E-state index is 11.9. The van der Waals surface area contributed by atoms with Gasteiger partial charge in [0.2, 0.25) is 0 Å². The van der Waals surface area contributed by atoms with Crippen LogP contribution in [0.3, 0.4) is 0 Å². The molecule has 0 radical (unpaired) electrons. The number of hydrogen-bond acceptors (Lipinski definition) is 5. The highest BCUT2D eigenvalue weighted by atomic mass is 16.1. The first-order chi connectivity index (χ1) is 10.8. The molecular formula is C14H13N7O. The van der Waals surface area contributed by atoms with Crippen molar-refractivity contribution in [3.8, 4) is 23.0 Å². The summed E-state index contributed by atoms with van der Waals surface area (Å²) in [5.41, 5.74) is 2.14. The fourth-order valence-corrected chi connectivity index (χ4v) is 2.44. The second kappa shape index (κ2) is 5.06. The van der Waals surface area contributed by atoms with Gasteiger partial charge in [0.15, 0.2) is 17.5 Å². The number of pyridine rings is 1. The lowest BCUT2D eigenvalue weighted by Gasteiger charge is -1.95. The highest BCUT2D eigenvalue weighted by Crippen LogP contribution is 2.20. The van der Waals surface area contributed by atoms with Gasteiger partial charge in [-0.05, 0) is 25.0 Å². The number of H-pyrrole nitrogens is 2. The molecule has 0 aliphatic carbocycles. The van der Waals surface area contributed by atoms with Crippen LogP contribution in [0.5, 0.6) is 0 Å². The van der Waals surface area contributed by atoms with Crippen LogP contribution in [-0.4, -0.2) is 42.6 Å². The summed E-state index contributed by atoms with van der Waals surface area (Å²) < 4.78 is 0. The van der Waals surface area contributed by atoms with Crippen LogP contribution in [0, 0.1) is 0 Å². The highest BCUT2D eigenvalue weighted by molar-refractivity contribution is 5.94. The molecule has 0 spiro atoms. The lowest BCUT2D eigenvalue weighted by Crippen LogP contribution is -2.23. The van der Waals surface area contributed by atoms with E-state index in [4.69, 9.17) is 0 Å². The predicted octanol–water partition coefficient (Wildman–Crippen LogP) is 0.933. The minimum Gasteiger partial charge on any atom is -0.351 e. The molecule has 0 aromatic carbocycles. The fraction of sp³-hybridized carbons (Fsp3) is 0.214. The summed E-state index contributed by atoms with van der Waals surface area (Å²) in [5, 5.41) is 9.86. The maximum absolute atomic E-state index is 11.9. The molecule has 4 heterocycles. The quantitative estimate of drug-likeness (QED) is 0.651. The Morgan fingerprint density at radius 1 is 1.09 bits per heavy atom. The molecule has 3 aromatic heterocycles. The largest absolute Gasteiger partial charge is 0.351 e. The van der Waals surface area contributed by atoms with Gasteiger partial charge in [0.1, 0.15) is 5.69 Å². The highest BCUT2D eigenvalue weighted by Gasteiger charge is 2.21. The van der Waals surface area contributed by atoms with Gasteiger partial charge < -0.3 is 10.3 Å². The number of fused-ring (bicyclic) bond motifs is 1. The van der Waals surface area contributed by atoms with E-state index in [1.54, 1.807) is 12.4 Å². The van der Waals surface area contributed by atoms with E-state index in [1.807, 2.05) is 12.1 Å². The summed E-state index contributed by atoms with van der Waals surface area (Å²) in [6.07, 6.45) is 5.04. The van der Waals surface area contributed by atoms with Crippen molar-refractivity contribution in [2.75, 3.05) is 6.54 Å². The standard InChI is InChI=1S/C14H13N7O/c22-14-10-9(2-1-5-16-14)17-12(18-10)13-19-11(20-21-13)8-3-6-15-7-4-8/h3-4,6-7H,1-2,5H2,(H,16,22)(H,17,18)(H,19,20,21). The van der Waals surface area contributed by atoms with Crippen molar-refractivity contribution in [2.24, 2.45) is 0 Å². The van der Waals surface area contributed by atoms with Crippen LogP contribution in [0.1, 0.15) is 22.6 Å². The monoisotopic (exact) mass is 295 g/mol. The Kier molecular flexibility index (Phi) is 2.92. The van der Waals surface area contributed by atoms with Crippen LogP contribution in [0.25, 0.3) is 23.0 Å². The summed E-state index contributed by atoms with van der Waals surface area (Å²) in [5.74, 6) is 1.44. The third kappa shape index (κ3) is 2.14. The van der Waals surface area contributed by atoms with Gasteiger partial charge in [0.05, 0.1) is 0 Å². The van der Waals surface area contributed by atoms with Gasteiger partial charge in [-0.25, -0.2) is 9.97 Å². The van der Waals surface area contributed by atoms with Crippen molar-refractivity contribution in [1.29, 1.82) is 0 Å². The molecule has 0 saturated heterocycles. The topological polar surface area (TPSA) is 112 Å². The van der Waals surface area contributed by atoms with E-state index < -0.39 is 0 Å². The molecule has 0 fully saturated rings. The van der Waals surface area contributed by atoms with Crippen LogP contribution in [0.4, 0.5) is 0 Å². The molecule has 4 rings (SSSR count). The van der Waals surface area contributed by atoms with Gasteiger partial charge in [0, 0.05) is 30.2 Å². The first-order valence-electron chi connectivity index (χ1n) is 7.01. The van der Waals surface area contributed by atoms with Gasteiger partial charge >= 0.3 is 0 Å². The lowest BCUT2D eigenvalue weighted by molar-refractivity contribution is 0.0951. The van der Waals surface area contributed by atoms with Gasteiger partial charge in [-0.2, -0.15) is 5.10 Å². The molecule has 22 heavy (non-hydrogen) atoms. The van der Waals surface area contributed by atoms with Crippen LogP contribution < -0.4 is 5.32 Å². The molecule has 3 aromatic rings. The molecule has 1 aliphatic rings. The number of aromatic nitrogens is 6. The van der Waals surface area contributed by atoms with Gasteiger partial charge in [-0.3, -0.25) is 14.9 Å². The van der Waals surface area contributed by atoms with Crippen molar-refractivity contribution in [2.45, 2.75) is 12.8 Å². The SMILES string of the molecule is O=C1NCCCc2[nH]c(-c3nc(-c4ccncc4)n[nH]3)nc21. The Labute approximate surface area is 125 Å². The summed E-state index contributed by atoms with van der Waals surface area (Å²) in [6, 6.07) is 3.66. The number of carbonyl (C=O) groups is 1. The van der Waals surface area contributed by atoms with Crippen LogP contribution >= 0.6 is 0 Å². The Bertz CT molecular complexity index is 821. The summed E-state index contributed by atoms with van der Waals surface area (Å²) >= 11 is 0. The van der Waals surface area contributed by atoms with E-state index in [9.17, 15) is 4.79 Å². The van der Waals surface area contributed by atoms with E-state index in [2.05, 4.69) is 35.5 Å². The first-order valence-corrected chi connectivity index (χ1v) is 7.01. The van der Waals surface area contributed by atoms with Crippen molar-refractivity contribution in [3.05, 3.63) is 35.9 Å². The van der Waals surface area contributed by atoms with Crippen molar-refractivity contribution in [1.82, 2.24) is 35.5 Å². The molecule has 0 unspecified atom stereocenters. The van der Waals surface area contributed by atoms with Crippen molar-refractivity contribution < 1.29 is 4.79 Å². The number of hydrogen-bond donors (Lipinski definition) is 3. The van der Waals surface area contributed by atoms with E-state index in [-0.39, 0.29) is 5.91 Å². The zero-order valence-corrected chi connectivity index (χ0v) is 11.6. The number of aromatic amines is 2. The van der Waals surface area contributed by atoms with E-state index in [0.29, 0.717) is 29.7 Å². The molecule has 1 aliphatic heterocycles. The molecule has 110 valence electrons. The molecule has 0 bridgehead atoms. The zero-order valence-electron chi connectivity index (χ0n) is 11.6. The van der Waals surface area contributed by atoms with Gasteiger partial charge in [0.25, 0.3) is 5.91 Å². The molecular weight excluding hydrogens is 282 g/mol. The van der Waals surface area contributed by atoms with Crippen molar-refractivity contribution in [3.63, 3.8) is 0 Å². The third-order valence-corrected chi connectivity index (χ3v) is 3.53. The normalized spacial score (nSPS) is 14.3. The molecule has 0 saturated carbocycles. The van der Waals surface area contributed by atoms with Gasteiger partial charge in [-0.15, -0.1) is 0 Å². The Balaban J connectivity index is 1.70. The minimum atomic E-state index is -0.149. The summed E-state index contributed by atoms with van der Waals surface area (Å²) in [6.45, 7) is 0.673. The fourth-order valence-electron chi connectivity index (χ4n) is 2.44. The van der Waals surface area contributed by atoms with Gasteiger partial charge in [-0.1, -0.05) is 0 Å². The van der Waals surface area contributed by atoms with Crippen molar-refractivity contribution >= 4 is 5.91 Å². The number of rotatable bonds is 2. The summed E-state index contributed by atoms with van der Waals surface area (Å²) in [4.78, 5) is 27.8. The van der Waals surface area contributed by atoms with Crippen LogP contribution in [0.15, 0.2) is 24.5 Å². The molecule has 0 atom stereocenters. The van der Waals surface area contributed by atoms with Crippen LogP contribution in [-0.2, 0) is 6.42 Å². The molecule has 1 amide bonds. The van der Waals surface area contributed by atoms with E-state index >= 15 is 0 Å². The average molecular weight is 295 g/mol. The number of carbonyl (C=O) groups excluding carboxylic acids is 1. The molecule has 8 heteroatoms. The number of amides is 1. The Hall–Kier alpha value is -3.03. The zero-order chi connectivity index (χ0) is 14.9. The Morgan fingerprint density at radius 2 is 1.95 bits per heavy atom. The summed E-state index contributed by atoms with van der Waals surface area (Å²) in [7, 11) is 0. The van der Waals surface area contributed by atoms with E-state index in [0.717, 1.165) is 24.1 Å². The number of nitrogens with one attached hydrogen (secondary N) is 3. The average Bonchev–Trinajstić information content (AvgIpc) is 3.16. The second-order valence-electron chi connectivity index (χ2n) is 5.02. The number of nitrogens with zero attached hydrogens (tertiary/aromatic N) is 4. The second-order valence-corrected chi connectivity index (χ2v) is 5.02. The Morgan fingerprint density at radius 3 is 2.82 bits per heavy atom. The number of imidazole rings is 1. The maximum Gasteiger partial charge on any atom is 0.271 e. The predicted molar refractivity (Wildman–Crippen MR) is 77.8 cm³/mol. The lowest BCUT2D eigenvalue weighted by atomic mass is 10.2. The minimum absolute atomic E-state index is 0.149. The molecule has 3 N–H and O–H groups in total. The third-order valence-electron chi connectivity index (χ3n) is 3.53. The van der Waals surface area contributed by atoms with E-state index in [1.165, 1.54) is 0 Å². The smallest absolute Gasteiger partial charge is 0.271 e. The molecule has 8 nitrogen and oxygen atoms in total.